The monoisotopic (exact) mass is 339 g/mol. The van der Waals surface area contributed by atoms with Gasteiger partial charge >= 0.3 is 0 Å². The van der Waals surface area contributed by atoms with Crippen LogP contribution in [-0.4, -0.2) is 18.2 Å². The Bertz CT molecular complexity index is 356. The molecule has 1 aromatic heterocycles. The summed E-state index contributed by atoms with van der Waals surface area (Å²) in [5.41, 5.74) is 0. The topological polar surface area (TPSA) is 46.2 Å². The van der Waals surface area contributed by atoms with Crippen LogP contribution in [0, 0.1) is 0 Å². The molecule has 1 heterocycles. The van der Waals surface area contributed by atoms with Crippen molar-refractivity contribution in [1.29, 1.82) is 0 Å². The molecule has 1 N–H and O–H groups in total. The lowest BCUT2D eigenvalue weighted by Gasteiger charge is -1.98. The van der Waals surface area contributed by atoms with Crippen molar-refractivity contribution < 1.29 is 9.59 Å². The summed E-state index contributed by atoms with van der Waals surface area (Å²) in [5, 5.41) is 2.52. The summed E-state index contributed by atoms with van der Waals surface area (Å²) in [4.78, 5) is 22.6. The molecule has 0 fully saturated rings. The average molecular weight is 341 g/mol. The molecule has 0 bridgehead atoms. The predicted molar refractivity (Wildman–Crippen MR) is 62.7 cm³/mol. The van der Waals surface area contributed by atoms with E-state index in [9.17, 15) is 9.59 Å². The molecular formula is C8H7Br2NO2S. The molecule has 0 unspecified atom stereocenters. The number of ketones is 1. The number of carbonyl (C=O) groups excluding carboxylic acids is 2. The lowest BCUT2D eigenvalue weighted by atomic mass is 10.4. The third-order valence-corrected chi connectivity index (χ3v) is 4.62. The zero-order valence-electron chi connectivity index (χ0n) is 7.27. The minimum absolute atomic E-state index is 0.0620. The van der Waals surface area contributed by atoms with Gasteiger partial charge in [-0.05, 0) is 44.8 Å². The van der Waals surface area contributed by atoms with Gasteiger partial charge in [0.2, 0.25) is 0 Å². The quantitative estimate of drug-likeness (QED) is 0.919. The largest absolute Gasteiger partial charge is 0.344 e. The van der Waals surface area contributed by atoms with Crippen LogP contribution in [0.5, 0.6) is 0 Å². The summed E-state index contributed by atoms with van der Waals surface area (Å²) < 4.78 is 1.71. The lowest BCUT2D eigenvalue weighted by molar-refractivity contribution is -0.116. The van der Waals surface area contributed by atoms with Gasteiger partial charge in [-0.2, -0.15) is 0 Å². The van der Waals surface area contributed by atoms with Gasteiger partial charge in [0.1, 0.15) is 5.78 Å². The van der Waals surface area contributed by atoms with Gasteiger partial charge in [0, 0.05) is 4.47 Å². The Morgan fingerprint density at radius 3 is 2.57 bits per heavy atom. The number of thiophene rings is 1. The van der Waals surface area contributed by atoms with E-state index in [2.05, 4.69) is 37.2 Å². The maximum atomic E-state index is 11.4. The van der Waals surface area contributed by atoms with Crippen LogP contribution >= 0.6 is 43.2 Å². The first-order valence-corrected chi connectivity index (χ1v) is 6.13. The fourth-order valence-corrected chi connectivity index (χ4v) is 2.70. The first kappa shape index (κ1) is 11.9. The molecule has 1 aromatic rings. The van der Waals surface area contributed by atoms with E-state index in [1.165, 1.54) is 18.3 Å². The highest BCUT2D eigenvalue weighted by Gasteiger charge is 2.11. The van der Waals surface area contributed by atoms with E-state index < -0.39 is 0 Å². The van der Waals surface area contributed by atoms with Gasteiger partial charge in [-0.15, -0.1) is 11.3 Å². The molecule has 0 aliphatic rings. The minimum atomic E-state index is -0.225. The Kier molecular flexibility index (Phi) is 4.28. The normalized spacial score (nSPS) is 9.93. The number of carbonyl (C=O) groups is 2. The van der Waals surface area contributed by atoms with Crippen LogP contribution in [0.2, 0.25) is 0 Å². The van der Waals surface area contributed by atoms with E-state index in [1.54, 1.807) is 6.07 Å². The van der Waals surface area contributed by atoms with Crippen molar-refractivity contribution in [3.63, 3.8) is 0 Å². The highest BCUT2D eigenvalue weighted by molar-refractivity contribution is 9.13. The fourth-order valence-electron chi connectivity index (χ4n) is 0.750. The molecule has 0 aromatic carbocycles. The Morgan fingerprint density at radius 1 is 1.50 bits per heavy atom. The summed E-state index contributed by atoms with van der Waals surface area (Å²) in [6, 6.07) is 1.71. The first-order chi connectivity index (χ1) is 6.50. The highest BCUT2D eigenvalue weighted by atomic mass is 79.9. The number of Topliss-reactive ketones (excluding diaryl/α,β-unsaturated/α-hetero) is 1. The van der Waals surface area contributed by atoms with Crippen molar-refractivity contribution >= 4 is 54.9 Å². The molecule has 0 radical (unpaired) electrons. The van der Waals surface area contributed by atoms with Crippen LogP contribution in [0.4, 0.5) is 0 Å². The molecule has 6 heteroatoms. The van der Waals surface area contributed by atoms with Crippen LogP contribution in [0.25, 0.3) is 0 Å². The molecule has 3 nitrogen and oxygen atoms in total. The highest BCUT2D eigenvalue weighted by Crippen LogP contribution is 2.32. The zero-order chi connectivity index (χ0) is 10.7. The van der Waals surface area contributed by atoms with Gasteiger partial charge in [-0.3, -0.25) is 9.59 Å². The number of halogens is 2. The van der Waals surface area contributed by atoms with Crippen LogP contribution in [-0.2, 0) is 4.79 Å². The Labute approximate surface area is 102 Å². The number of nitrogens with one attached hydrogen (secondary N) is 1. The Balaban J connectivity index is 2.65. The SMILES string of the molecule is CC(=O)CNC(=O)c1cc(Br)c(Br)s1. The van der Waals surface area contributed by atoms with Crippen molar-refractivity contribution in [2.45, 2.75) is 6.92 Å². The van der Waals surface area contributed by atoms with Crippen LogP contribution < -0.4 is 5.32 Å². The van der Waals surface area contributed by atoms with Crippen molar-refractivity contribution in [2.75, 3.05) is 6.54 Å². The molecule has 0 aliphatic heterocycles. The molecule has 14 heavy (non-hydrogen) atoms. The zero-order valence-corrected chi connectivity index (χ0v) is 11.3. The van der Waals surface area contributed by atoms with E-state index in [-0.39, 0.29) is 18.2 Å². The molecule has 0 saturated carbocycles. The first-order valence-electron chi connectivity index (χ1n) is 3.73. The van der Waals surface area contributed by atoms with Crippen molar-refractivity contribution in [1.82, 2.24) is 5.32 Å². The molecule has 0 aliphatic carbocycles. The van der Waals surface area contributed by atoms with Gasteiger partial charge in [-0.1, -0.05) is 0 Å². The van der Waals surface area contributed by atoms with Gasteiger partial charge in [0.25, 0.3) is 5.91 Å². The summed E-state index contributed by atoms with van der Waals surface area (Å²) >= 11 is 7.89. The van der Waals surface area contributed by atoms with E-state index in [4.69, 9.17) is 0 Å². The lowest BCUT2D eigenvalue weighted by Crippen LogP contribution is -2.27. The second-order valence-corrected chi connectivity index (χ2v) is 5.84. The summed E-state index contributed by atoms with van der Waals surface area (Å²) in [6.07, 6.45) is 0. The van der Waals surface area contributed by atoms with Gasteiger partial charge in [-0.25, -0.2) is 0 Å². The number of rotatable bonds is 3. The standard InChI is InChI=1S/C8H7Br2NO2S/c1-4(12)3-11-8(13)6-2-5(9)7(10)14-6/h2H,3H2,1H3,(H,11,13). The fraction of sp³-hybridized carbons (Fsp3) is 0.250. The van der Waals surface area contributed by atoms with Crippen LogP contribution in [0.1, 0.15) is 16.6 Å². The molecule has 0 saturated heterocycles. The maximum Gasteiger partial charge on any atom is 0.261 e. The Hall–Kier alpha value is -0.200. The Morgan fingerprint density at radius 2 is 2.14 bits per heavy atom. The molecule has 0 spiro atoms. The number of hydrogen-bond donors (Lipinski definition) is 1. The average Bonchev–Trinajstić information content (AvgIpc) is 2.43. The molecule has 1 amide bonds. The molecule has 76 valence electrons. The van der Waals surface area contributed by atoms with Gasteiger partial charge in [0.15, 0.2) is 0 Å². The maximum absolute atomic E-state index is 11.4. The summed E-state index contributed by atoms with van der Waals surface area (Å²) in [7, 11) is 0. The van der Waals surface area contributed by atoms with Gasteiger partial charge in [0.05, 0.1) is 15.2 Å². The summed E-state index contributed by atoms with van der Waals surface area (Å²) in [5.74, 6) is -0.287. The second kappa shape index (κ2) is 5.04. The van der Waals surface area contributed by atoms with Gasteiger partial charge < -0.3 is 5.32 Å². The minimum Gasteiger partial charge on any atom is -0.344 e. The van der Waals surface area contributed by atoms with Crippen molar-refractivity contribution in [2.24, 2.45) is 0 Å². The predicted octanol–water partition coefficient (Wildman–Crippen LogP) is 2.59. The smallest absolute Gasteiger partial charge is 0.261 e. The van der Waals surface area contributed by atoms with Crippen LogP contribution in [0.15, 0.2) is 14.3 Å². The summed E-state index contributed by atoms with van der Waals surface area (Å²) in [6.45, 7) is 1.51. The molecule has 1 rings (SSSR count). The van der Waals surface area contributed by atoms with E-state index in [0.717, 1.165) is 8.26 Å². The number of hydrogen-bond acceptors (Lipinski definition) is 3. The third-order valence-electron chi connectivity index (χ3n) is 1.37. The van der Waals surface area contributed by atoms with E-state index in [1.807, 2.05) is 0 Å². The molecule has 0 atom stereocenters. The third kappa shape index (κ3) is 3.18. The van der Waals surface area contributed by atoms with Crippen molar-refractivity contribution in [3.8, 4) is 0 Å². The van der Waals surface area contributed by atoms with Crippen molar-refractivity contribution in [3.05, 3.63) is 19.2 Å². The van der Waals surface area contributed by atoms with Crippen LogP contribution in [0.3, 0.4) is 0 Å². The van der Waals surface area contributed by atoms with E-state index >= 15 is 0 Å². The second-order valence-electron chi connectivity index (χ2n) is 2.62. The molecular weight excluding hydrogens is 334 g/mol. The van der Waals surface area contributed by atoms with E-state index in [0.29, 0.717) is 4.88 Å². The number of amides is 1.